The first-order chi connectivity index (χ1) is 25.8. The van der Waals surface area contributed by atoms with E-state index in [1.165, 1.54) is 64.6 Å². The summed E-state index contributed by atoms with van der Waals surface area (Å²) < 4.78 is 0. The average Bonchev–Trinajstić information content (AvgIpc) is 3.20. The van der Waals surface area contributed by atoms with Crippen molar-refractivity contribution in [1.29, 1.82) is 0 Å². The molecule has 0 aromatic heterocycles. The van der Waals surface area contributed by atoms with Crippen molar-refractivity contribution in [2.75, 3.05) is 9.80 Å². The first-order valence-corrected chi connectivity index (χ1v) is 17.9. The summed E-state index contributed by atoms with van der Waals surface area (Å²) in [6.07, 6.45) is 0. The Morgan fingerprint density at radius 3 is 0.788 bits per heavy atom. The zero-order chi connectivity index (χ0) is 34.2. The standard InChI is InChI=1S/C50H32N2/c1-3-13-41(14-4-1)51(45-29-37-21-17-33-9-7-10-34-18-22-38(30-45)49(37)47(33)34)43-25-27-44(28-26-43)52(42-15-5-2-6-16-42)46-31-39-23-19-35-11-8-12-36-20-24-40(32-46)50(39)48(35)36/h1-32H. The first kappa shape index (κ1) is 28.9. The van der Waals surface area contributed by atoms with Crippen LogP contribution in [0.3, 0.4) is 0 Å². The largest absolute Gasteiger partial charge is 0.310 e. The van der Waals surface area contributed by atoms with Crippen LogP contribution in [-0.4, -0.2) is 0 Å². The van der Waals surface area contributed by atoms with Crippen LogP contribution >= 0.6 is 0 Å². The molecule has 0 spiro atoms. The Kier molecular flexibility index (Phi) is 6.28. The third-order valence-corrected chi connectivity index (χ3v) is 10.8. The van der Waals surface area contributed by atoms with Gasteiger partial charge in [-0.25, -0.2) is 0 Å². The Labute approximate surface area is 301 Å². The highest BCUT2D eigenvalue weighted by atomic mass is 15.2. The van der Waals surface area contributed by atoms with E-state index in [1.54, 1.807) is 0 Å². The van der Waals surface area contributed by atoms with Crippen molar-refractivity contribution in [1.82, 2.24) is 0 Å². The molecule has 0 saturated carbocycles. The predicted molar refractivity (Wildman–Crippen MR) is 223 cm³/mol. The molecule has 0 bridgehead atoms. The van der Waals surface area contributed by atoms with Gasteiger partial charge in [-0.1, -0.05) is 121 Å². The maximum Gasteiger partial charge on any atom is 0.0473 e. The SMILES string of the molecule is c1ccc(N(c2ccc(N(c3ccccc3)c3cc4ccc5cccc6ccc(c3)c4c56)cc2)c2cc3ccc4cccc5ccc(c2)c3c45)cc1. The molecule has 0 N–H and O–H groups in total. The Hall–Kier alpha value is -6.90. The summed E-state index contributed by atoms with van der Waals surface area (Å²) in [5.41, 5.74) is 6.72. The van der Waals surface area contributed by atoms with Crippen LogP contribution in [0.15, 0.2) is 194 Å². The number of nitrogens with zero attached hydrogens (tertiary/aromatic N) is 2. The molecule has 0 aliphatic carbocycles. The van der Waals surface area contributed by atoms with Crippen LogP contribution in [0.1, 0.15) is 0 Å². The smallest absolute Gasteiger partial charge is 0.0473 e. The minimum Gasteiger partial charge on any atom is -0.310 e. The third kappa shape index (κ3) is 4.44. The van der Waals surface area contributed by atoms with E-state index in [1.807, 2.05) is 0 Å². The Bertz CT molecular complexity index is 2720. The van der Waals surface area contributed by atoms with E-state index in [0.717, 1.165) is 34.1 Å². The van der Waals surface area contributed by atoms with Gasteiger partial charge in [-0.3, -0.25) is 0 Å². The lowest BCUT2D eigenvalue weighted by Crippen LogP contribution is -2.12. The second-order valence-electron chi connectivity index (χ2n) is 13.8. The van der Waals surface area contributed by atoms with Gasteiger partial charge in [0.2, 0.25) is 0 Å². The monoisotopic (exact) mass is 660 g/mol. The van der Waals surface area contributed by atoms with E-state index in [2.05, 4.69) is 204 Å². The van der Waals surface area contributed by atoms with Gasteiger partial charge in [-0.05, 0) is 137 Å². The van der Waals surface area contributed by atoms with E-state index < -0.39 is 0 Å². The normalized spacial score (nSPS) is 11.8. The second-order valence-corrected chi connectivity index (χ2v) is 13.8. The molecule has 0 radical (unpaired) electrons. The van der Waals surface area contributed by atoms with Crippen LogP contribution in [0.4, 0.5) is 34.1 Å². The minimum absolute atomic E-state index is 1.10. The number of rotatable bonds is 6. The lowest BCUT2D eigenvalue weighted by molar-refractivity contribution is 1.26. The van der Waals surface area contributed by atoms with E-state index in [-0.39, 0.29) is 0 Å². The highest BCUT2D eigenvalue weighted by Crippen LogP contribution is 2.44. The fraction of sp³-hybridized carbons (Fsp3) is 0. The number of anilines is 6. The van der Waals surface area contributed by atoms with Crippen molar-refractivity contribution in [3.63, 3.8) is 0 Å². The molecule has 2 nitrogen and oxygen atoms in total. The molecule has 2 heteroatoms. The van der Waals surface area contributed by atoms with Crippen LogP contribution in [0.2, 0.25) is 0 Å². The van der Waals surface area contributed by atoms with Gasteiger partial charge in [0.15, 0.2) is 0 Å². The maximum absolute atomic E-state index is 2.37. The van der Waals surface area contributed by atoms with E-state index in [9.17, 15) is 0 Å². The Morgan fingerprint density at radius 1 is 0.192 bits per heavy atom. The van der Waals surface area contributed by atoms with Gasteiger partial charge in [-0.15, -0.1) is 0 Å². The van der Waals surface area contributed by atoms with Crippen molar-refractivity contribution in [3.8, 4) is 0 Å². The van der Waals surface area contributed by atoms with Gasteiger partial charge in [0.05, 0.1) is 0 Å². The Balaban J connectivity index is 1.06. The van der Waals surface area contributed by atoms with Crippen LogP contribution in [0, 0.1) is 0 Å². The molecular formula is C50H32N2. The van der Waals surface area contributed by atoms with Crippen LogP contribution in [0.5, 0.6) is 0 Å². The fourth-order valence-corrected chi connectivity index (χ4v) is 8.53. The summed E-state index contributed by atoms with van der Waals surface area (Å²) in [6, 6.07) is 71.1. The Morgan fingerprint density at radius 2 is 0.462 bits per heavy atom. The zero-order valence-electron chi connectivity index (χ0n) is 28.4. The number of hydrogen-bond donors (Lipinski definition) is 0. The van der Waals surface area contributed by atoms with Gasteiger partial charge in [0, 0.05) is 34.1 Å². The summed E-state index contributed by atoms with van der Waals surface area (Å²) in [5, 5.41) is 15.5. The maximum atomic E-state index is 2.37. The third-order valence-electron chi connectivity index (χ3n) is 10.8. The summed E-state index contributed by atoms with van der Waals surface area (Å²) >= 11 is 0. The summed E-state index contributed by atoms with van der Waals surface area (Å²) in [5.74, 6) is 0. The molecule has 0 aliphatic heterocycles. The van der Waals surface area contributed by atoms with Gasteiger partial charge < -0.3 is 9.80 Å². The molecule has 0 saturated heterocycles. The fourth-order valence-electron chi connectivity index (χ4n) is 8.53. The van der Waals surface area contributed by atoms with E-state index >= 15 is 0 Å². The molecule has 0 aliphatic rings. The summed E-state index contributed by atoms with van der Waals surface area (Å²) in [7, 11) is 0. The van der Waals surface area contributed by atoms with Crippen LogP contribution in [-0.2, 0) is 0 Å². The first-order valence-electron chi connectivity index (χ1n) is 17.9. The molecule has 11 aromatic carbocycles. The minimum atomic E-state index is 1.10. The molecular weight excluding hydrogens is 629 g/mol. The lowest BCUT2D eigenvalue weighted by atomic mass is 9.93. The molecule has 0 unspecified atom stereocenters. The molecule has 52 heavy (non-hydrogen) atoms. The van der Waals surface area contributed by atoms with Crippen molar-refractivity contribution in [2.24, 2.45) is 0 Å². The molecule has 11 rings (SSSR count). The van der Waals surface area contributed by atoms with E-state index in [0.29, 0.717) is 0 Å². The average molecular weight is 661 g/mol. The van der Waals surface area contributed by atoms with Crippen molar-refractivity contribution in [2.45, 2.75) is 0 Å². The second kappa shape index (κ2) is 11.3. The van der Waals surface area contributed by atoms with Crippen molar-refractivity contribution < 1.29 is 0 Å². The molecule has 11 aromatic rings. The molecule has 0 fully saturated rings. The molecule has 0 amide bonds. The van der Waals surface area contributed by atoms with Crippen LogP contribution in [0.25, 0.3) is 64.6 Å². The van der Waals surface area contributed by atoms with Crippen LogP contribution < -0.4 is 9.80 Å². The zero-order valence-corrected chi connectivity index (χ0v) is 28.4. The van der Waals surface area contributed by atoms with Gasteiger partial charge in [0.1, 0.15) is 0 Å². The van der Waals surface area contributed by atoms with Crippen molar-refractivity contribution in [3.05, 3.63) is 194 Å². The highest BCUT2D eigenvalue weighted by Gasteiger charge is 2.19. The lowest BCUT2D eigenvalue weighted by Gasteiger charge is -2.29. The van der Waals surface area contributed by atoms with E-state index in [4.69, 9.17) is 0 Å². The topological polar surface area (TPSA) is 6.48 Å². The highest BCUT2D eigenvalue weighted by molar-refractivity contribution is 6.25. The quantitative estimate of drug-likeness (QED) is 0.164. The summed E-state index contributed by atoms with van der Waals surface area (Å²) in [6.45, 7) is 0. The molecule has 242 valence electrons. The number of para-hydroxylation sites is 2. The molecule has 0 atom stereocenters. The molecule has 0 heterocycles. The number of benzene rings is 11. The van der Waals surface area contributed by atoms with Gasteiger partial charge >= 0.3 is 0 Å². The van der Waals surface area contributed by atoms with Gasteiger partial charge in [0.25, 0.3) is 0 Å². The summed E-state index contributed by atoms with van der Waals surface area (Å²) in [4.78, 5) is 4.75. The number of hydrogen-bond acceptors (Lipinski definition) is 2. The predicted octanol–water partition coefficient (Wildman–Crippen LogP) is 14.4. The van der Waals surface area contributed by atoms with Gasteiger partial charge in [-0.2, -0.15) is 0 Å². The van der Waals surface area contributed by atoms with Crippen molar-refractivity contribution >= 4 is 98.8 Å².